The Labute approximate surface area is 178 Å². The van der Waals surface area contributed by atoms with Crippen LogP contribution in [0.4, 0.5) is 0 Å². The number of para-hydroxylation sites is 2. The second-order valence-corrected chi connectivity index (χ2v) is 9.44. The minimum atomic E-state index is -0.565. The molecule has 1 aromatic carbocycles. The van der Waals surface area contributed by atoms with Gasteiger partial charge < -0.3 is 19.5 Å². The third-order valence-electron chi connectivity index (χ3n) is 6.85. The minimum Gasteiger partial charge on any atom is -0.490 e. The van der Waals surface area contributed by atoms with Gasteiger partial charge in [0.1, 0.15) is 0 Å². The normalized spacial score (nSPS) is 28.8. The molecule has 30 heavy (non-hydrogen) atoms. The van der Waals surface area contributed by atoms with E-state index in [1.165, 1.54) is 38.5 Å². The zero-order chi connectivity index (χ0) is 21.0. The second-order valence-electron chi connectivity index (χ2n) is 9.44. The molecular weight excluding hydrogens is 382 g/mol. The van der Waals surface area contributed by atoms with Crippen LogP contribution >= 0.6 is 0 Å². The fraction of sp³-hybridized carbons (Fsp3) is 0.667. The monoisotopic (exact) mass is 415 g/mol. The SMILES string of the molecule is CCCOc1ccccc1OCC(=O)OCC(=O)NCC12CC3CC(CC(C3)C1)C2. The quantitative estimate of drug-likeness (QED) is 0.590. The van der Waals surface area contributed by atoms with E-state index in [-0.39, 0.29) is 24.5 Å². The molecule has 4 fully saturated rings. The van der Waals surface area contributed by atoms with E-state index in [1.54, 1.807) is 12.1 Å². The summed E-state index contributed by atoms with van der Waals surface area (Å²) in [4.78, 5) is 24.2. The van der Waals surface area contributed by atoms with Gasteiger partial charge in [0.25, 0.3) is 5.91 Å². The van der Waals surface area contributed by atoms with Crippen LogP contribution in [0.15, 0.2) is 24.3 Å². The molecule has 0 heterocycles. The Kier molecular flexibility index (Phi) is 6.49. The van der Waals surface area contributed by atoms with Crippen molar-refractivity contribution in [2.75, 3.05) is 26.4 Å². The molecule has 0 aliphatic heterocycles. The highest BCUT2D eigenvalue weighted by Gasteiger charge is 2.50. The summed E-state index contributed by atoms with van der Waals surface area (Å²) in [7, 11) is 0. The average molecular weight is 416 g/mol. The van der Waals surface area contributed by atoms with Crippen LogP contribution in [0.2, 0.25) is 0 Å². The molecule has 5 rings (SSSR count). The summed E-state index contributed by atoms with van der Waals surface area (Å²) in [6, 6.07) is 7.21. The van der Waals surface area contributed by atoms with E-state index in [1.807, 2.05) is 19.1 Å². The Balaban J connectivity index is 1.17. The van der Waals surface area contributed by atoms with E-state index < -0.39 is 5.97 Å². The number of rotatable bonds is 10. The summed E-state index contributed by atoms with van der Waals surface area (Å²) >= 11 is 0. The van der Waals surface area contributed by atoms with Crippen molar-refractivity contribution in [3.05, 3.63) is 24.3 Å². The topological polar surface area (TPSA) is 73.9 Å². The molecule has 4 aliphatic carbocycles. The van der Waals surface area contributed by atoms with Gasteiger partial charge in [0.15, 0.2) is 24.7 Å². The van der Waals surface area contributed by atoms with Crippen LogP contribution in [0.3, 0.4) is 0 Å². The number of benzene rings is 1. The lowest BCUT2D eigenvalue weighted by molar-refractivity contribution is -0.150. The van der Waals surface area contributed by atoms with E-state index >= 15 is 0 Å². The number of carbonyl (C=O) groups is 2. The molecule has 0 atom stereocenters. The first-order valence-electron chi connectivity index (χ1n) is 11.3. The van der Waals surface area contributed by atoms with Crippen molar-refractivity contribution < 1.29 is 23.8 Å². The highest BCUT2D eigenvalue weighted by atomic mass is 16.6. The standard InChI is InChI=1S/C24H33NO5/c1-2-7-28-20-5-3-4-6-21(20)29-15-23(27)30-14-22(26)25-16-24-11-17-8-18(12-24)10-19(9-17)13-24/h3-6,17-19H,2,7-16H2,1H3,(H,25,26). The maximum absolute atomic E-state index is 12.2. The molecule has 0 spiro atoms. The lowest BCUT2D eigenvalue weighted by Gasteiger charge is -2.56. The first kappa shape index (κ1) is 21.0. The Hall–Kier alpha value is -2.24. The number of nitrogens with one attached hydrogen (secondary N) is 1. The summed E-state index contributed by atoms with van der Waals surface area (Å²) in [6.45, 7) is 2.80. The predicted molar refractivity (Wildman–Crippen MR) is 112 cm³/mol. The predicted octanol–water partition coefficient (Wildman–Crippen LogP) is 3.73. The van der Waals surface area contributed by atoms with E-state index in [9.17, 15) is 9.59 Å². The maximum Gasteiger partial charge on any atom is 0.344 e. The first-order valence-corrected chi connectivity index (χ1v) is 11.3. The van der Waals surface area contributed by atoms with Crippen molar-refractivity contribution in [3.8, 4) is 11.5 Å². The number of carbonyl (C=O) groups excluding carboxylic acids is 2. The van der Waals surface area contributed by atoms with E-state index in [0.717, 1.165) is 24.2 Å². The number of hydrogen-bond acceptors (Lipinski definition) is 5. The Morgan fingerprint density at radius 2 is 1.57 bits per heavy atom. The van der Waals surface area contributed by atoms with Crippen LogP contribution in [-0.4, -0.2) is 38.2 Å². The number of esters is 1. The van der Waals surface area contributed by atoms with Crippen LogP contribution in [0.5, 0.6) is 11.5 Å². The maximum atomic E-state index is 12.2. The highest BCUT2D eigenvalue weighted by molar-refractivity contribution is 5.81. The summed E-state index contributed by atoms with van der Waals surface area (Å²) in [5.41, 5.74) is 0.278. The molecule has 0 saturated heterocycles. The molecule has 0 unspecified atom stereocenters. The largest absolute Gasteiger partial charge is 0.490 e. The average Bonchev–Trinajstić information content (AvgIpc) is 2.73. The highest BCUT2D eigenvalue weighted by Crippen LogP contribution is 2.59. The van der Waals surface area contributed by atoms with Gasteiger partial charge in [-0.1, -0.05) is 19.1 Å². The molecule has 6 nitrogen and oxygen atoms in total. The smallest absolute Gasteiger partial charge is 0.344 e. The molecule has 1 N–H and O–H groups in total. The zero-order valence-corrected chi connectivity index (χ0v) is 17.9. The van der Waals surface area contributed by atoms with Gasteiger partial charge in [0.05, 0.1) is 6.61 Å². The van der Waals surface area contributed by atoms with Crippen LogP contribution in [-0.2, 0) is 14.3 Å². The minimum absolute atomic E-state index is 0.231. The van der Waals surface area contributed by atoms with Crippen LogP contribution in [0, 0.1) is 23.2 Å². The Morgan fingerprint density at radius 1 is 0.967 bits per heavy atom. The Bertz CT molecular complexity index is 726. The lowest BCUT2D eigenvalue weighted by atomic mass is 9.49. The van der Waals surface area contributed by atoms with Crippen LogP contribution < -0.4 is 14.8 Å². The van der Waals surface area contributed by atoms with Crippen LogP contribution in [0.25, 0.3) is 0 Å². The van der Waals surface area contributed by atoms with Crippen molar-refractivity contribution in [3.63, 3.8) is 0 Å². The first-order chi connectivity index (χ1) is 14.5. The molecule has 4 aliphatic rings. The number of hydrogen-bond donors (Lipinski definition) is 1. The van der Waals surface area contributed by atoms with E-state index in [2.05, 4.69) is 5.32 Å². The number of ether oxygens (including phenoxy) is 3. The molecule has 4 saturated carbocycles. The van der Waals surface area contributed by atoms with Gasteiger partial charge in [-0.2, -0.15) is 0 Å². The van der Waals surface area contributed by atoms with Gasteiger partial charge in [0.2, 0.25) is 0 Å². The lowest BCUT2D eigenvalue weighted by Crippen LogP contribution is -2.51. The van der Waals surface area contributed by atoms with Crippen LogP contribution in [0.1, 0.15) is 51.9 Å². The third-order valence-corrected chi connectivity index (χ3v) is 6.85. The van der Waals surface area contributed by atoms with Gasteiger partial charge >= 0.3 is 5.97 Å². The van der Waals surface area contributed by atoms with Crippen molar-refractivity contribution >= 4 is 11.9 Å². The van der Waals surface area contributed by atoms with E-state index in [0.29, 0.717) is 24.7 Å². The van der Waals surface area contributed by atoms with Gasteiger partial charge in [0, 0.05) is 6.54 Å². The fourth-order valence-electron chi connectivity index (χ4n) is 6.07. The summed E-state index contributed by atoms with van der Waals surface area (Å²) in [5.74, 6) is 2.86. The molecule has 164 valence electrons. The van der Waals surface area contributed by atoms with Crippen molar-refractivity contribution in [1.82, 2.24) is 5.32 Å². The van der Waals surface area contributed by atoms with Gasteiger partial charge in [-0.05, 0) is 80.2 Å². The molecule has 0 radical (unpaired) electrons. The molecule has 1 aromatic rings. The van der Waals surface area contributed by atoms with Crippen molar-refractivity contribution in [2.45, 2.75) is 51.9 Å². The van der Waals surface area contributed by atoms with E-state index in [4.69, 9.17) is 14.2 Å². The fourth-order valence-corrected chi connectivity index (χ4v) is 6.07. The van der Waals surface area contributed by atoms with Crippen molar-refractivity contribution in [2.24, 2.45) is 23.2 Å². The van der Waals surface area contributed by atoms with Gasteiger partial charge in [-0.15, -0.1) is 0 Å². The summed E-state index contributed by atoms with van der Waals surface area (Å²) in [6.07, 6.45) is 8.77. The Morgan fingerprint density at radius 3 is 2.17 bits per heavy atom. The second kappa shape index (κ2) is 9.27. The van der Waals surface area contributed by atoms with Gasteiger partial charge in [-0.25, -0.2) is 4.79 Å². The third kappa shape index (κ3) is 5.08. The summed E-state index contributed by atoms with van der Waals surface area (Å²) in [5, 5.41) is 3.02. The number of amides is 1. The van der Waals surface area contributed by atoms with Crippen molar-refractivity contribution in [1.29, 1.82) is 0 Å². The zero-order valence-electron chi connectivity index (χ0n) is 17.9. The molecule has 4 bridgehead atoms. The molecular formula is C24H33NO5. The molecule has 1 amide bonds. The summed E-state index contributed by atoms with van der Waals surface area (Å²) < 4.78 is 16.2. The molecule has 6 heteroatoms. The van der Waals surface area contributed by atoms with Gasteiger partial charge in [-0.3, -0.25) is 4.79 Å². The molecule has 0 aromatic heterocycles.